The van der Waals surface area contributed by atoms with Gasteiger partial charge in [-0.2, -0.15) is 0 Å². The van der Waals surface area contributed by atoms with Crippen molar-refractivity contribution in [2.45, 2.75) is 0 Å². The van der Waals surface area contributed by atoms with Crippen molar-refractivity contribution in [3.05, 3.63) is 54.5 Å². The molecule has 0 aromatic heterocycles. The van der Waals surface area contributed by atoms with E-state index in [1.165, 1.54) is 5.69 Å². The molecular formula is C13H14N2. The second kappa shape index (κ2) is 4.07. The minimum Gasteiger partial charge on any atom is -0.361 e. The lowest BCUT2D eigenvalue weighted by molar-refractivity contribution is 0.496. The van der Waals surface area contributed by atoms with Gasteiger partial charge in [-0.05, 0) is 23.8 Å². The summed E-state index contributed by atoms with van der Waals surface area (Å²) in [4.78, 5) is 4.33. The molecule has 0 bridgehead atoms. The fourth-order valence-electron chi connectivity index (χ4n) is 1.58. The van der Waals surface area contributed by atoms with Crippen molar-refractivity contribution in [1.82, 2.24) is 4.90 Å². The molecule has 1 heterocycles. The Morgan fingerprint density at radius 1 is 1.27 bits per heavy atom. The van der Waals surface area contributed by atoms with Crippen molar-refractivity contribution in [2.75, 3.05) is 18.6 Å². The van der Waals surface area contributed by atoms with E-state index in [9.17, 15) is 0 Å². The molecule has 0 unspecified atom stereocenters. The Hall–Kier alpha value is -1.92. The molecule has 2 rings (SSSR count). The summed E-state index contributed by atoms with van der Waals surface area (Å²) >= 11 is 0. The molecular weight excluding hydrogens is 184 g/mol. The van der Waals surface area contributed by atoms with Gasteiger partial charge in [0, 0.05) is 25.1 Å². The van der Waals surface area contributed by atoms with E-state index in [1.807, 2.05) is 6.08 Å². The number of benzene rings is 1. The van der Waals surface area contributed by atoms with Crippen LogP contribution in [-0.4, -0.2) is 18.6 Å². The van der Waals surface area contributed by atoms with Gasteiger partial charge in [-0.3, -0.25) is 0 Å². The van der Waals surface area contributed by atoms with Crippen molar-refractivity contribution in [3.63, 3.8) is 0 Å². The maximum Gasteiger partial charge on any atom is 0.0938 e. The highest BCUT2D eigenvalue weighted by Crippen LogP contribution is 2.19. The summed E-state index contributed by atoms with van der Waals surface area (Å²) < 4.78 is 0. The van der Waals surface area contributed by atoms with Gasteiger partial charge in [0.05, 0.1) is 6.67 Å². The fourth-order valence-corrected chi connectivity index (χ4v) is 1.58. The first-order valence-corrected chi connectivity index (χ1v) is 4.91. The van der Waals surface area contributed by atoms with Crippen LogP contribution in [0.1, 0.15) is 5.56 Å². The highest BCUT2D eigenvalue weighted by Gasteiger charge is 2.09. The largest absolute Gasteiger partial charge is 0.361 e. The topological polar surface area (TPSA) is 6.48 Å². The lowest BCUT2D eigenvalue weighted by Crippen LogP contribution is -2.21. The van der Waals surface area contributed by atoms with Crippen LogP contribution in [0, 0.1) is 0 Å². The smallest absolute Gasteiger partial charge is 0.0938 e. The molecule has 2 heteroatoms. The van der Waals surface area contributed by atoms with Crippen LogP contribution in [-0.2, 0) is 0 Å². The second-order valence-electron chi connectivity index (χ2n) is 3.61. The van der Waals surface area contributed by atoms with E-state index in [0.29, 0.717) is 0 Å². The third-order valence-electron chi connectivity index (χ3n) is 2.37. The number of anilines is 1. The molecule has 1 aliphatic rings. The monoisotopic (exact) mass is 198 g/mol. The zero-order valence-electron chi connectivity index (χ0n) is 8.85. The minimum atomic E-state index is 0.913. The molecule has 0 fully saturated rings. The van der Waals surface area contributed by atoms with E-state index in [1.54, 1.807) is 0 Å². The molecule has 0 saturated carbocycles. The van der Waals surface area contributed by atoms with Crippen LogP contribution in [0.15, 0.2) is 49.0 Å². The van der Waals surface area contributed by atoms with Gasteiger partial charge in [-0.1, -0.05) is 18.7 Å². The molecule has 2 nitrogen and oxygen atoms in total. The van der Waals surface area contributed by atoms with E-state index >= 15 is 0 Å². The molecule has 0 spiro atoms. The third kappa shape index (κ3) is 2.12. The summed E-state index contributed by atoms with van der Waals surface area (Å²) in [6, 6.07) is 8.35. The van der Waals surface area contributed by atoms with Gasteiger partial charge in [-0.15, -0.1) is 5.73 Å². The van der Waals surface area contributed by atoms with Crippen molar-refractivity contribution < 1.29 is 0 Å². The first-order valence-electron chi connectivity index (χ1n) is 4.91. The SMILES string of the molecule is C=C=Cc1ccc(N2C=CN(C)C2)cc1. The Kier molecular flexibility index (Phi) is 2.61. The third-order valence-corrected chi connectivity index (χ3v) is 2.37. The van der Waals surface area contributed by atoms with E-state index in [2.05, 4.69) is 65.8 Å². The maximum atomic E-state index is 3.56. The zero-order chi connectivity index (χ0) is 10.7. The quantitative estimate of drug-likeness (QED) is 0.674. The molecule has 0 atom stereocenters. The zero-order valence-corrected chi connectivity index (χ0v) is 8.85. The highest BCUT2D eigenvalue weighted by atomic mass is 15.3. The number of hydrogen-bond acceptors (Lipinski definition) is 2. The van der Waals surface area contributed by atoms with Gasteiger partial charge in [0.2, 0.25) is 0 Å². The van der Waals surface area contributed by atoms with Crippen LogP contribution in [0.5, 0.6) is 0 Å². The Bertz CT molecular complexity index is 411. The molecule has 0 aliphatic carbocycles. The normalized spacial score (nSPS) is 14.2. The predicted molar refractivity (Wildman–Crippen MR) is 64.3 cm³/mol. The van der Waals surface area contributed by atoms with E-state index in [-0.39, 0.29) is 0 Å². The Morgan fingerprint density at radius 2 is 2.00 bits per heavy atom. The predicted octanol–water partition coefficient (Wildman–Crippen LogP) is 2.67. The Balaban J connectivity index is 2.17. The average molecular weight is 198 g/mol. The standard InChI is InChI=1S/C13H14N2/c1-3-4-12-5-7-13(8-6-12)15-10-9-14(2)11-15/h4-10H,1,11H2,2H3. The molecule has 0 amide bonds. The van der Waals surface area contributed by atoms with Crippen LogP contribution >= 0.6 is 0 Å². The summed E-state index contributed by atoms with van der Waals surface area (Å²) in [7, 11) is 2.06. The summed E-state index contributed by atoms with van der Waals surface area (Å²) in [5.74, 6) is 0. The summed E-state index contributed by atoms with van der Waals surface area (Å²) in [5.41, 5.74) is 5.10. The Labute approximate surface area is 90.4 Å². The highest BCUT2D eigenvalue weighted by molar-refractivity contribution is 5.57. The molecule has 0 radical (unpaired) electrons. The maximum absolute atomic E-state index is 3.56. The number of hydrogen-bond donors (Lipinski definition) is 0. The van der Waals surface area contributed by atoms with Gasteiger partial charge in [0.1, 0.15) is 0 Å². The molecule has 1 aromatic rings. The molecule has 1 aromatic carbocycles. The first-order chi connectivity index (χ1) is 7.29. The average Bonchev–Trinajstić information content (AvgIpc) is 2.67. The van der Waals surface area contributed by atoms with E-state index in [0.717, 1.165) is 12.2 Å². The van der Waals surface area contributed by atoms with Gasteiger partial charge >= 0.3 is 0 Å². The molecule has 0 N–H and O–H groups in total. The van der Waals surface area contributed by atoms with Crippen LogP contribution in [0.2, 0.25) is 0 Å². The lowest BCUT2D eigenvalue weighted by Gasteiger charge is -2.18. The van der Waals surface area contributed by atoms with Crippen molar-refractivity contribution in [3.8, 4) is 0 Å². The second-order valence-corrected chi connectivity index (χ2v) is 3.61. The van der Waals surface area contributed by atoms with Gasteiger partial charge in [0.25, 0.3) is 0 Å². The summed E-state index contributed by atoms with van der Waals surface area (Å²) in [6.45, 7) is 4.47. The van der Waals surface area contributed by atoms with Crippen molar-refractivity contribution >= 4 is 11.8 Å². The number of nitrogens with zero attached hydrogens (tertiary/aromatic N) is 2. The van der Waals surface area contributed by atoms with Crippen LogP contribution in [0.4, 0.5) is 5.69 Å². The fraction of sp³-hybridized carbons (Fsp3) is 0.154. The van der Waals surface area contributed by atoms with Crippen LogP contribution in [0.25, 0.3) is 6.08 Å². The van der Waals surface area contributed by atoms with Crippen molar-refractivity contribution in [2.24, 2.45) is 0 Å². The van der Waals surface area contributed by atoms with Crippen LogP contribution < -0.4 is 4.90 Å². The molecule has 15 heavy (non-hydrogen) atoms. The number of rotatable bonds is 2. The van der Waals surface area contributed by atoms with E-state index in [4.69, 9.17) is 0 Å². The molecule has 0 saturated heterocycles. The minimum absolute atomic E-state index is 0.913. The van der Waals surface area contributed by atoms with Gasteiger partial charge in [0.15, 0.2) is 0 Å². The lowest BCUT2D eigenvalue weighted by atomic mass is 10.2. The summed E-state index contributed by atoms with van der Waals surface area (Å²) in [5, 5.41) is 0. The summed E-state index contributed by atoms with van der Waals surface area (Å²) in [6.07, 6.45) is 6.02. The van der Waals surface area contributed by atoms with Crippen molar-refractivity contribution in [1.29, 1.82) is 0 Å². The first kappa shape index (κ1) is 9.63. The van der Waals surface area contributed by atoms with E-state index < -0.39 is 0 Å². The van der Waals surface area contributed by atoms with Gasteiger partial charge in [-0.25, -0.2) is 0 Å². The van der Waals surface area contributed by atoms with Crippen LogP contribution in [0.3, 0.4) is 0 Å². The Morgan fingerprint density at radius 3 is 2.53 bits per heavy atom. The molecule has 1 aliphatic heterocycles. The molecule has 76 valence electrons. The van der Waals surface area contributed by atoms with Gasteiger partial charge < -0.3 is 9.80 Å².